The van der Waals surface area contributed by atoms with Gasteiger partial charge in [0.15, 0.2) is 0 Å². The number of aromatic hydroxyl groups is 1. The molecule has 0 saturated heterocycles. The van der Waals surface area contributed by atoms with Crippen LogP contribution in [0.25, 0.3) is 5.57 Å². The predicted octanol–water partition coefficient (Wildman–Crippen LogP) is 3.12. The molecule has 24 heavy (non-hydrogen) atoms. The van der Waals surface area contributed by atoms with Crippen LogP contribution in [0.15, 0.2) is 48.7 Å². The van der Waals surface area contributed by atoms with Gasteiger partial charge in [0, 0.05) is 19.3 Å². The van der Waals surface area contributed by atoms with E-state index in [1.807, 2.05) is 18.2 Å². The number of benzene rings is 1. The Bertz CT molecular complexity index is 756. The predicted molar refractivity (Wildman–Crippen MR) is 92.1 cm³/mol. The standard InChI is InChI=1S/C18H19N3O3/c1-24-17-16(3-2-10-19-17)20-18(23)21-11-8-14(9-12-21)13-4-6-15(22)7-5-13/h2-8,10,22H,9,11-12H2,1H3,(H,20,23). The largest absolute Gasteiger partial charge is 0.508 e. The van der Waals surface area contributed by atoms with Gasteiger partial charge in [0.2, 0.25) is 5.88 Å². The second-order valence-corrected chi connectivity index (χ2v) is 5.46. The summed E-state index contributed by atoms with van der Waals surface area (Å²) in [6.07, 6.45) is 4.42. The molecule has 3 rings (SSSR count). The topological polar surface area (TPSA) is 74.7 Å². The van der Waals surface area contributed by atoms with Crippen LogP contribution >= 0.6 is 0 Å². The summed E-state index contributed by atoms with van der Waals surface area (Å²) in [4.78, 5) is 18.2. The van der Waals surface area contributed by atoms with E-state index < -0.39 is 0 Å². The van der Waals surface area contributed by atoms with Crippen molar-refractivity contribution >= 4 is 17.3 Å². The van der Waals surface area contributed by atoms with Crippen LogP contribution in [0.3, 0.4) is 0 Å². The molecule has 2 aromatic rings. The molecule has 0 spiro atoms. The highest BCUT2D eigenvalue weighted by molar-refractivity contribution is 5.91. The summed E-state index contributed by atoms with van der Waals surface area (Å²) in [6, 6.07) is 10.4. The maximum atomic E-state index is 12.4. The maximum Gasteiger partial charge on any atom is 0.322 e. The highest BCUT2D eigenvalue weighted by atomic mass is 16.5. The summed E-state index contributed by atoms with van der Waals surface area (Å²) in [6.45, 7) is 1.16. The fraction of sp³-hybridized carbons (Fsp3) is 0.222. The quantitative estimate of drug-likeness (QED) is 0.909. The number of ether oxygens (including phenoxy) is 1. The van der Waals surface area contributed by atoms with Gasteiger partial charge in [0.25, 0.3) is 0 Å². The SMILES string of the molecule is COc1ncccc1NC(=O)N1CC=C(c2ccc(O)cc2)CC1. The van der Waals surface area contributed by atoms with Crippen LogP contribution in [-0.4, -0.2) is 41.2 Å². The highest BCUT2D eigenvalue weighted by Gasteiger charge is 2.19. The van der Waals surface area contributed by atoms with Gasteiger partial charge in [-0.05, 0) is 41.8 Å². The molecule has 1 aromatic heterocycles. The van der Waals surface area contributed by atoms with Crippen molar-refractivity contribution in [1.29, 1.82) is 0 Å². The third-order valence-electron chi connectivity index (χ3n) is 3.94. The molecule has 2 heterocycles. The lowest BCUT2D eigenvalue weighted by Gasteiger charge is -2.27. The van der Waals surface area contributed by atoms with E-state index in [9.17, 15) is 9.90 Å². The summed E-state index contributed by atoms with van der Waals surface area (Å²) in [5.74, 6) is 0.643. The fourth-order valence-corrected chi connectivity index (χ4v) is 2.63. The number of nitrogens with zero attached hydrogens (tertiary/aromatic N) is 2. The Morgan fingerprint density at radius 1 is 1.29 bits per heavy atom. The molecule has 6 nitrogen and oxygen atoms in total. The summed E-state index contributed by atoms with van der Waals surface area (Å²) in [5.41, 5.74) is 2.80. The molecule has 6 heteroatoms. The van der Waals surface area contributed by atoms with Crippen LogP contribution in [0.5, 0.6) is 11.6 Å². The number of carbonyl (C=O) groups excluding carboxylic acids is 1. The van der Waals surface area contributed by atoms with Crippen molar-refractivity contribution in [3.05, 3.63) is 54.2 Å². The van der Waals surface area contributed by atoms with Gasteiger partial charge in [0.05, 0.1) is 7.11 Å². The number of hydrogen-bond donors (Lipinski definition) is 2. The lowest BCUT2D eigenvalue weighted by Crippen LogP contribution is -2.38. The van der Waals surface area contributed by atoms with E-state index in [-0.39, 0.29) is 11.8 Å². The van der Waals surface area contributed by atoms with Crippen molar-refractivity contribution in [3.8, 4) is 11.6 Å². The van der Waals surface area contributed by atoms with Gasteiger partial charge >= 0.3 is 6.03 Å². The maximum absolute atomic E-state index is 12.4. The summed E-state index contributed by atoms with van der Waals surface area (Å²) < 4.78 is 5.14. The number of phenolic OH excluding ortho intramolecular Hbond substituents is 1. The average molecular weight is 325 g/mol. The highest BCUT2D eigenvalue weighted by Crippen LogP contribution is 2.25. The van der Waals surface area contributed by atoms with Crippen LogP contribution in [0, 0.1) is 0 Å². The van der Waals surface area contributed by atoms with Crippen molar-refractivity contribution in [2.45, 2.75) is 6.42 Å². The first kappa shape index (κ1) is 15.9. The number of hydrogen-bond acceptors (Lipinski definition) is 4. The zero-order valence-electron chi connectivity index (χ0n) is 13.4. The minimum atomic E-state index is -0.178. The number of amides is 2. The molecular formula is C18H19N3O3. The van der Waals surface area contributed by atoms with E-state index in [0.29, 0.717) is 24.7 Å². The van der Waals surface area contributed by atoms with Crippen molar-refractivity contribution in [3.63, 3.8) is 0 Å². The molecule has 0 fully saturated rings. The van der Waals surface area contributed by atoms with E-state index in [2.05, 4.69) is 10.3 Å². The minimum Gasteiger partial charge on any atom is -0.508 e. The molecule has 1 aliphatic rings. The van der Waals surface area contributed by atoms with E-state index in [1.165, 1.54) is 12.7 Å². The van der Waals surface area contributed by atoms with Crippen molar-refractivity contribution in [2.75, 3.05) is 25.5 Å². The van der Waals surface area contributed by atoms with Crippen molar-refractivity contribution < 1.29 is 14.6 Å². The van der Waals surface area contributed by atoms with E-state index in [4.69, 9.17) is 4.74 Å². The molecular weight excluding hydrogens is 306 g/mol. The first-order valence-electron chi connectivity index (χ1n) is 7.71. The van der Waals surface area contributed by atoms with Crippen LogP contribution in [0.1, 0.15) is 12.0 Å². The van der Waals surface area contributed by atoms with Gasteiger partial charge < -0.3 is 20.1 Å². The molecule has 0 radical (unpaired) electrons. The molecule has 1 aliphatic heterocycles. The van der Waals surface area contributed by atoms with Gasteiger partial charge in [-0.1, -0.05) is 18.2 Å². The third kappa shape index (κ3) is 3.48. The number of nitrogens with one attached hydrogen (secondary N) is 1. The summed E-state index contributed by atoms with van der Waals surface area (Å²) >= 11 is 0. The summed E-state index contributed by atoms with van der Waals surface area (Å²) in [7, 11) is 1.52. The second kappa shape index (κ2) is 7.04. The van der Waals surface area contributed by atoms with Crippen LogP contribution in [0.2, 0.25) is 0 Å². The number of rotatable bonds is 3. The molecule has 0 bridgehead atoms. The van der Waals surface area contributed by atoms with E-state index >= 15 is 0 Å². The third-order valence-corrected chi connectivity index (χ3v) is 3.94. The molecule has 0 aliphatic carbocycles. The zero-order chi connectivity index (χ0) is 16.9. The van der Waals surface area contributed by atoms with Crippen LogP contribution < -0.4 is 10.1 Å². The smallest absolute Gasteiger partial charge is 0.322 e. The number of carbonyl (C=O) groups is 1. The monoisotopic (exact) mass is 325 g/mol. The molecule has 0 saturated carbocycles. The van der Waals surface area contributed by atoms with Crippen molar-refractivity contribution in [1.82, 2.24) is 9.88 Å². The van der Waals surface area contributed by atoms with Gasteiger partial charge in [-0.25, -0.2) is 9.78 Å². The second-order valence-electron chi connectivity index (χ2n) is 5.46. The first-order valence-corrected chi connectivity index (χ1v) is 7.71. The lowest BCUT2D eigenvalue weighted by atomic mass is 9.99. The molecule has 0 atom stereocenters. The molecule has 124 valence electrons. The van der Waals surface area contributed by atoms with Gasteiger partial charge in [0.1, 0.15) is 11.4 Å². The van der Waals surface area contributed by atoms with Gasteiger partial charge in [-0.2, -0.15) is 0 Å². The van der Waals surface area contributed by atoms with Gasteiger partial charge in [-0.15, -0.1) is 0 Å². The molecule has 1 aromatic carbocycles. The van der Waals surface area contributed by atoms with Crippen LogP contribution in [0.4, 0.5) is 10.5 Å². The van der Waals surface area contributed by atoms with Crippen molar-refractivity contribution in [2.24, 2.45) is 0 Å². The van der Waals surface area contributed by atoms with Gasteiger partial charge in [-0.3, -0.25) is 0 Å². The first-order chi connectivity index (χ1) is 11.7. The number of pyridine rings is 1. The van der Waals surface area contributed by atoms with E-state index in [1.54, 1.807) is 35.4 Å². The number of methoxy groups -OCH3 is 1. The Kier molecular flexibility index (Phi) is 4.65. The minimum absolute atomic E-state index is 0.178. The normalized spacial score (nSPS) is 14.0. The molecule has 0 unspecified atom stereocenters. The fourth-order valence-electron chi connectivity index (χ4n) is 2.63. The Hall–Kier alpha value is -3.02. The van der Waals surface area contributed by atoms with Crippen LogP contribution in [-0.2, 0) is 0 Å². The molecule has 2 N–H and O–H groups in total. The van der Waals surface area contributed by atoms with E-state index in [0.717, 1.165) is 12.0 Å². The zero-order valence-corrected chi connectivity index (χ0v) is 13.4. The lowest BCUT2D eigenvalue weighted by molar-refractivity contribution is 0.217. The Labute approximate surface area is 140 Å². The molecule has 2 amide bonds. The number of aromatic nitrogens is 1. The number of anilines is 1. The average Bonchev–Trinajstić information content (AvgIpc) is 2.63. The Morgan fingerprint density at radius 2 is 2.08 bits per heavy atom. The Balaban J connectivity index is 1.65. The number of phenols is 1. The number of urea groups is 1. The summed E-state index contributed by atoms with van der Waals surface area (Å²) in [5, 5.41) is 12.2. The Morgan fingerprint density at radius 3 is 2.75 bits per heavy atom.